The van der Waals surface area contributed by atoms with E-state index in [1.807, 2.05) is 0 Å². The van der Waals surface area contributed by atoms with Crippen LogP contribution in [0, 0.1) is 0 Å². The number of amides is 2. The molecule has 6 aliphatic rings. The summed E-state index contributed by atoms with van der Waals surface area (Å²) in [4.78, 5) is 43.0. The first kappa shape index (κ1) is 47.8. The molecule has 0 aliphatic heterocycles. The average molecular weight is 881 g/mol. The second-order valence-electron chi connectivity index (χ2n) is 11.7. The van der Waals surface area contributed by atoms with E-state index >= 15 is 0 Å². The van der Waals surface area contributed by atoms with Crippen molar-refractivity contribution in [3.63, 3.8) is 0 Å². The first-order valence-corrected chi connectivity index (χ1v) is 18.5. The number of carbonyl (C=O) groups is 3. The molecule has 6 rings (SSSR count). The number of hydrogen-bond acceptors (Lipinski definition) is 17. The minimum atomic E-state index is -4.92. The smallest absolute Gasteiger partial charge is 0.870 e. The third kappa shape index (κ3) is 10.5. The number of hydroxylamine groups is 4. The van der Waals surface area contributed by atoms with E-state index in [9.17, 15) is 72.1 Å². The zero-order chi connectivity index (χ0) is 42.3. The first-order valence-electron chi connectivity index (χ1n) is 15.5. The number of nitrogens with zero attached hydrogens (tertiary/aromatic N) is 8. The van der Waals surface area contributed by atoms with Crippen LogP contribution in [0.4, 0.5) is 4.79 Å². The molecule has 27 heteroatoms. The Labute approximate surface area is 382 Å². The fraction of sp³-hybridized carbons (Fsp3) is 0. The topological polar surface area (TPSA) is 374 Å². The van der Waals surface area contributed by atoms with E-state index in [1.165, 1.54) is 12.2 Å². The van der Waals surface area contributed by atoms with Gasteiger partial charge in [0.1, 0.15) is 22.8 Å². The van der Waals surface area contributed by atoms with E-state index in [2.05, 4.69) is 30.4 Å². The maximum absolute atomic E-state index is 13.3. The van der Waals surface area contributed by atoms with Crippen molar-refractivity contribution in [2.24, 2.45) is 30.4 Å². The molecule has 0 spiro atoms. The van der Waals surface area contributed by atoms with Crippen LogP contribution < -0.4 is 69.3 Å². The number of fused-ring (bicyclic) bond motifs is 2. The number of ketones is 2. The van der Waals surface area contributed by atoms with Crippen molar-refractivity contribution in [3.05, 3.63) is 140 Å². The molecule has 0 aromatic rings. The van der Waals surface area contributed by atoms with Crippen LogP contribution >= 0.6 is 0 Å². The zero-order valence-electron chi connectivity index (χ0n) is 30.4. The fourth-order valence-corrected chi connectivity index (χ4v) is 6.59. The number of urea groups is 1. The first-order chi connectivity index (χ1) is 27.2. The Kier molecular flexibility index (Phi) is 15.0. The number of rotatable bonds is 6. The molecule has 0 bridgehead atoms. The minimum absolute atomic E-state index is 0. The Morgan fingerprint density at radius 2 is 0.900 bits per heavy atom. The molecule has 8 N–H and O–H groups in total. The molecule has 0 radical (unpaired) electrons. The van der Waals surface area contributed by atoms with Gasteiger partial charge in [-0.3, -0.25) is 30.4 Å². The number of aliphatic imine (C=N–C) groups is 2. The molecule has 0 aromatic carbocycles. The summed E-state index contributed by atoms with van der Waals surface area (Å²) in [6.45, 7) is 0. The molecule has 0 saturated heterocycles. The van der Waals surface area contributed by atoms with Crippen LogP contribution in [0.25, 0.3) is 0 Å². The Morgan fingerprint density at radius 3 is 1.23 bits per heavy atom. The quantitative estimate of drug-likeness (QED) is 0.0535. The van der Waals surface area contributed by atoms with Gasteiger partial charge in [-0.25, -0.2) is 4.79 Å². The summed E-state index contributed by atoms with van der Waals surface area (Å²) < 4.78 is 64.7. The van der Waals surface area contributed by atoms with Gasteiger partial charge < -0.3 is 10.2 Å². The molecular weight excluding hydrogens is 859 g/mol. The van der Waals surface area contributed by atoms with Crippen LogP contribution in [-0.2, 0) is 39.0 Å². The number of carbonyl (C=O) groups excluding carboxylic acids is 3. The van der Waals surface area contributed by atoms with E-state index < -0.39 is 82.8 Å². The summed E-state index contributed by atoms with van der Waals surface area (Å²) >= 11 is 0. The fourth-order valence-electron chi connectivity index (χ4n) is 5.25. The number of hydrogen-bond donors (Lipinski definition) is 8. The molecule has 6 aliphatic carbocycles. The van der Waals surface area contributed by atoms with E-state index in [-0.39, 0.29) is 115 Å². The van der Waals surface area contributed by atoms with E-state index in [0.717, 1.165) is 72.9 Å². The van der Waals surface area contributed by atoms with Gasteiger partial charge in [0.2, 0.25) is 11.6 Å². The summed E-state index contributed by atoms with van der Waals surface area (Å²) in [5.41, 5.74) is -4.17. The molecule has 0 unspecified atom stereocenters. The summed E-state index contributed by atoms with van der Waals surface area (Å²) in [5.74, 6) is -3.63. The Balaban J connectivity index is 0.00000397. The van der Waals surface area contributed by atoms with Crippen LogP contribution in [0.2, 0.25) is 0 Å². The summed E-state index contributed by atoms with van der Waals surface area (Å²) in [6, 6.07) is -1.17. The predicted octanol–water partition coefficient (Wildman–Crippen LogP) is -5.30. The van der Waals surface area contributed by atoms with Crippen LogP contribution in [0.5, 0.6) is 0 Å². The second-order valence-corrected chi connectivity index (χ2v) is 14.6. The van der Waals surface area contributed by atoms with Gasteiger partial charge >= 0.3 is 86.1 Å². The normalized spacial score (nSPS) is 22.9. The summed E-state index contributed by atoms with van der Waals surface area (Å²) in [6.07, 6.45) is 14.3. The van der Waals surface area contributed by atoms with Gasteiger partial charge in [0.25, 0.3) is 9.81 Å². The van der Waals surface area contributed by atoms with E-state index in [1.54, 1.807) is 0 Å². The van der Waals surface area contributed by atoms with Crippen molar-refractivity contribution in [1.29, 1.82) is 0 Å². The maximum Gasteiger partial charge on any atom is 1.00 e. The van der Waals surface area contributed by atoms with Crippen LogP contribution in [0.1, 0.15) is 0 Å². The molecule has 23 nitrogen and oxygen atoms in total. The van der Waals surface area contributed by atoms with E-state index in [4.69, 9.17) is 0 Å². The molecule has 0 saturated carbocycles. The monoisotopic (exact) mass is 880 g/mol. The van der Waals surface area contributed by atoms with Crippen LogP contribution in [0.3, 0.4) is 0 Å². The second kappa shape index (κ2) is 18.8. The third-order valence-electron chi connectivity index (χ3n) is 7.91. The van der Waals surface area contributed by atoms with Crippen molar-refractivity contribution in [3.8, 4) is 0 Å². The third-order valence-corrected chi connectivity index (χ3v) is 9.68. The molecule has 296 valence electrons. The number of allylic oxidation sites excluding steroid dienone is 20. The summed E-state index contributed by atoms with van der Waals surface area (Å²) in [5, 5.41) is 77.2. The summed E-state index contributed by atoms with van der Waals surface area (Å²) in [7, 11) is -9.84. The van der Waals surface area contributed by atoms with Crippen molar-refractivity contribution in [2.45, 2.75) is 0 Å². The maximum atomic E-state index is 13.3. The van der Waals surface area contributed by atoms with Crippen LogP contribution in [-0.4, -0.2) is 101 Å². The SMILES string of the molecule is O=C(N=C1C=CC2=C([O-])C(=NN=C3C=C(N(O)O)C=CC3=O)C([S+](=O)(O)O)=CC2=C1)N=C1C=CC2=C([O-])C(=NN=C3C=C(N(O)O)C=CC3=O)C([S+](=O)(O)O)=CC2=C1.[Na+].[Na+]. The Morgan fingerprint density at radius 1 is 0.533 bits per heavy atom. The molecular formula is C33H22N8Na2O15S2+2. The van der Waals surface area contributed by atoms with Gasteiger partial charge in [0.15, 0.2) is 0 Å². The molecule has 0 aromatic heterocycles. The van der Waals surface area contributed by atoms with Gasteiger partial charge in [-0.1, -0.05) is 23.7 Å². The zero-order valence-corrected chi connectivity index (χ0v) is 36.0. The average Bonchev–Trinajstić information content (AvgIpc) is 3.14. The van der Waals surface area contributed by atoms with Gasteiger partial charge in [-0.15, -0.1) is 30.9 Å². The predicted molar refractivity (Wildman–Crippen MR) is 197 cm³/mol. The molecule has 2 amide bonds. The van der Waals surface area contributed by atoms with E-state index in [0.29, 0.717) is 0 Å². The Bertz CT molecular complexity index is 2510. The molecule has 0 heterocycles. The Hall–Kier alpha value is -4.91. The van der Waals surface area contributed by atoms with Gasteiger partial charge in [-0.2, -0.15) is 28.2 Å². The van der Waals surface area contributed by atoms with Gasteiger partial charge in [-0.05, 0) is 91.5 Å². The molecule has 0 fully saturated rings. The molecule has 60 heavy (non-hydrogen) atoms. The van der Waals surface area contributed by atoms with Gasteiger partial charge in [0.05, 0.1) is 22.8 Å². The van der Waals surface area contributed by atoms with Crippen molar-refractivity contribution in [2.75, 3.05) is 0 Å². The van der Waals surface area contributed by atoms with Crippen molar-refractivity contribution < 1.29 is 131 Å². The standard InChI is InChI=1S/C33H22N8O15S2.2Na/c42-25-7-3-19(40(47)48)13-23(25)36-38-29-27(57(51,52)53)11-15-9-17(1-5-21(15)31(29)44)34-33(46)35-18-2-6-22-16(10-18)12-28(58(54,55)56)30(32(22)45)39-37-24-14-20(41(49)50)4-8-26(24)43;;/h1-14,47-50H,(H4-2,34,35,44,45,46,51,52,53,54,55,56);;/q;2*+1. The minimum Gasteiger partial charge on any atom is -0.870 e. The van der Waals surface area contributed by atoms with Gasteiger partial charge in [0, 0.05) is 12.2 Å². The van der Waals surface area contributed by atoms with Crippen molar-refractivity contribution in [1.82, 2.24) is 10.5 Å². The van der Waals surface area contributed by atoms with Crippen molar-refractivity contribution >= 4 is 72.9 Å². The largest absolute Gasteiger partial charge is 1.00 e. The molecule has 0 atom stereocenters. The van der Waals surface area contributed by atoms with Crippen LogP contribution in [0.15, 0.2) is 170 Å².